The van der Waals surface area contributed by atoms with Crippen molar-refractivity contribution in [3.63, 3.8) is 0 Å². The van der Waals surface area contributed by atoms with Crippen LogP contribution >= 0.6 is 23.4 Å². The average Bonchev–Trinajstić information content (AvgIpc) is 2.77. The fourth-order valence-electron chi connectivity index (χ4n) is 2.50. The Kier molecular flexibility index (Phi) is 7.27. The molecule has 154 valence electrons. The number of amides is 1. The lowest BCUT2D eigenvalue weighted by atomic mass is 10.2. The first-order valence-corrected chi connectivity index (χ1v) is 10.1. The molecule has 0 spiro atoms. The molecule has 2 N–H and O–H groups in total. The van der Waals surface area contributed by atoms with Crippen LogP contribution in [0.5, 0.6) is 0 Å². The van der Waals surface area contributed by atoms with Crippen LogP contribution in [0.15, 0.2) is 94.4 Å². The Morgan fingerprint density at radius 2 is 1.77 bits per heavy atom. The van der Waals surface area contributed by atoms with Crippen molar-refractivity contribution in [3.8, 4) is 6.07 Å². The number of hydrogen-bond donors (Lipinski definition) is 2. The molecule has 0 unspecified atom stereocenters. The van der Waals surface area contributed by atoms with Gasteiger partial charge in [-0.1, -0.05) is 53.7 Å². The van der Waals surface area contributed by atoms with Gasteiger partial charge in [-0.15, -0.1) is 0 Å². The number of carbonyl (C=O) groups is 1. The molecule has 0 bridgehead atoms. The minimum Gasteiger partial charge on any atom is -0.359 e. The number of nitrogens with zero attached hydrogens (tertiary/aromatic N) is 2. The molecule has 0 radical (unpaired) electrons. The lowest BCUT2D eigenvalue weighted by molar-refractivity contribution is -0.384. The van der Waals surface area contributed by atoms with Gasteiger partial charge in [0.05, 0.1) is 21.3 Å². The maximum Gasteiger partial charge on any atom is 0.271 e. The highest BCUT2D eigenvalue weighted by Crippen LogP contribution is 2.33. The fourth-order valence-corrected chi connectivity index (χ4v) is 3.59. The Morgan fingerprint density at radius 1 is 1.06 bits per heavy atom. The first-order chi connectivity index (χ1) is 15.0. The third-order valence-corrected chi connectivity index (χ3v) is 5.42. The summed E-state index contributed by atoms with van der Waals surface area (Å²) in [7, 11) is 0. The summed E-state index contributed by atoms with van der Waals surface area (Å²) >= 11 is 7.51. The number of rotatable bonds is 7. The van der Waals surface area contributed by atoms with Crippen LogP contribution in [0, 0.1) is 21.4 Å². The van der Waals surface area contributed by atoms with Crippen molar-refractivity contribution in [1.82, 2.24) is 0 Å². The van der Waals surface area contributed by atoms with Crippen LogP contribution in [-0.4, -0.2) is 10.8 Å². The van der Waals surface area contributed by atoms with Crippen molar-refractivity contribution in [3.05, 3.63) is 99.7 Å². The second-order valence-corrected chi connectivity index (χ2v) is 7.62. The van der Waals surface area contributed by atoms with E-state index in [0.717, 1.165) is 16.0 Å². The first kappa shape index (κ1) is 21.9. The molecule has 0 aromatic heterocycles. The molecule has 9 heteroatoms. The van der Waals surface area contributed by atoms with Gasteiger partial charge < -0.3 is 10.6 Å². The Balaban J connectivity index is 1.77. The van der Waals surface area contributed by atoms with Crippen LogP contribution in [0.3, 0.4) is 0 Å². The van der Waals surface area contributed by atoms with Gasteiger partial charge in [-0.25, -0.2) is 0 Å². The second kappa shape index (κ2) is 10.3. The van der Waals surface area contributed by atoms with Gasteiger partial charge in [0, 0.05) is 28.1 Å². The fraction of sp³-hybridized carbons (Fsp3) is 0. The maximum atomic E-state index is 12.6. The molecule has 0 saturated carbocycles. The third kappa shape index (κ3) is 5.85. The summed E-state index contributed by atoms with van der Waals surface area (Å²) in [6.07, 6.45) is 1.16. The third-order valence-electron chi connectivity index (χ3n) is 4.00. The van der Waals surface area contributed by atoms with Gasteiger partial charge >= 0.3 is 0 Å². The summed E-state index contributed by atoms with van der Waals surface area (Å²) in [6, 6.07) is 22.6. The zero-order valence-corrected chi connectivity index (χ0v) is 17.5. The smallest absolute Gasteiger partial charge is 0.271 e. The number of benzene rings is 3. The number of nitrogens with one attached hydrogen (secondary N) is 2. The van der Waals surface area contributed by atoms with E-state index in [2.05, 4.69) is 10.6 Å². The van der Waals surface area contributed by atoms with Crippen molar-refractivity contribution in [2.24, 2.45) is 0 Å². The highest BCUT2D eigenvalue weighted by Gasteiger charge is 2.14. The molecule has 1 amide bonds. The minimum atomic E-state index is -0.627. The molecule has 31 heavy (non-hydrogen) atoms. The molecule has 3 aromatic carbocycles. The molecule has 0 aliphatic rings. The molecule has 0 aliphatic heterocycles. The lowest BCUT2D eigenvalue weighted by Crippen LogP contribution is -2.15. The summed E-state index contributed by atoms with van der Waals surface area (Å²) in [5, 5.41) is 26.0. The number of carbonyl (C=O) groups excluding carboxylic acids is 1. The molecular formula is C22H15ClN4O3S. The predicted molar refractivity (Wildman–Crippen MR) is 121 cm³/mol. The van der Waals surface area contributed by atoms with Crippen LogP contribution < -0.4 is 10.6 Å². The van der Waals surface area contributed by atoms with E-state index in [1.54, 1.807) is 12.1 Å². The number of hydrogen-bond acceptors (Lipinski definition) is 6. The lowest BCUT2D eigenvalue weighted by Gasteiger charge is -2.11. The number of non-ortho nitro benzene ring substituents is 1. The standard InChI is InChI=1S/C22H15ClN4O3S/c23-18-11-10-16(27(29)30)12-20(18)25-14-15(13-24)22(28)26-19-8-4-5-9-21(19)31-17-6-2-1-3-7-17/h1-12,14,25H,(H,26,28)/b15-14-. The van der Waals surface area contributed by atoms with Gasteiger partial charge in [0.1, 0.15) is 11.6 Å². The zero-order valence-electron chi connectivity index (χ0n) is 15.9. The number of para-hydroxylation sites is 1. The number of anilines is 2. The van der Waals surface area contributed by atoms with Crippen LogP contribution in [0.1, 0.15) is 0 Å². The molecule has 7 nitrogen and oxygen atoms in total. The number of nitriles is 1. The van der Waals surface area contributed by atoms with Crippen molar-refractivity contribution in [1.29, 1.82) is 5.26 Å². The Hall–Kier alpha value is -3.80. The van der Waals surface area contributed by atoms with E-state index in [1.807, 2.05) is 48.5 Å². The Bertz CT molecular complexity index is 1190. The summed E-state index contributed by atoms with van der Waals surface area (Å²) < 4.78 is 0. The average molecular weight is 451 g/mol. The van der Waals surface area contributed by atoms with Crippen LogP contribution in [0.4, 0.5) is 17.1 Å². The molecular weight excluding hydrogens is 436 g/mol. The van der Waals surface area contributed by atoms with Crippen molar-refractivity contribution in [2.75, 3.05) is 10.6 Å². The van der Waals surface area contributed by atoms with Crippen LogP contribution in [0.2, 0.25) is 5.02 Å². The van der Waals surface area contributed by atoms with Crippen LogP contribution in [-0.2, 0) is 4.79 Å². The monoisotopic (exact) mass is 450 g/mol. The Morgan fingerprint density at radius 3 is 2.48 bits per heavy atom. The van der Waals surface area contributed by atoms with Gasteiger partial charge in [-0.05, 0) is 30.3 Å². The summed E-state index contributed by atoms with van der Waals surface area (Å²) in [6.45, 7) is 0. The molecule has 0 saturated heterocycles. The normalized spacial score (nSPS) is 10.8. The minimum absolute atomic E-state index is 0.171. The van der Waals surface area contributed by atoms with Crippen molar-refractivity contribution >= 4 is 46.3 Å². The molecule has 3 aromatic rings. The topological polar surface area (TPSA) is 108 Å². The second-order valence-electron chi connectivity index (χ2n) is 6.10. The van der Waals surface area contributed by atoms with Crippen LogP contribution in [0.25, 0.3) is 0 Å². The molecule has 3 rings (SSSR count). The SMILES string of the molecule is N#C/C(=C/Nc1cc([N+](=O)[O-])ccc1Cl)C(=O)Nc1ccccc1Sc1ccccc1. The van der Waals surface area contributed by atoms with E-state index in [-0.39, 0.29) is 22.0 Å². The maximum absolute atomic E-state index is 12.6. The van der Waals surface area contributed by atoms with Gasteiger partial charge in [-0.2, -0.15) is 5.26 Å². The molecule has 0 aliphatic carbocycles. The van der Waals surface area contributed by atoms with Crippen molar-refractivity contribution < 1.29 is 9.72 Å². The van der Waals surface area contributed by atoms with Crippen molar-refractivity contribution in [2.45, 2.75) is 9.79 Å². The summed E-state index contributed by atoms with van der Waals surface area (Å²) in [5.74, 6) is -0.627. The van der Waals surface area contributed by atoms with Gasteiger partial charge in [-0.3, -0.25) is 14.9 Å². The molecule has 0 atom stereocenters. The van der Waals surface area contributed by atoms with E-state index in [0.29, 0.717) is 5.69 Å². The van der Waals surface area contributed by atoms with E-state index < -0.39 is 10.8 Å². The highest BCUT2D eigenvalue weighted by molar-refractivity contribution is 7.99. The predicted octanol–water partition coefficient (Wildman–Crippen LogP) is 5.86. The molecule has 0 fully saturated rings. The van der Waals surface area contributed by atoms with Gasteiger partial charge in [0.2, 0.25) is 0 Å². The first-order valence-electron chi connectivity index (χ1n) is 8.92. The summed E-state index contributed by atoms with van der Waals surface area (Å²) in [5.41, 5.74) is 0.365. The van der Waals surface area contributed by atoms with E-state index in [4.69, 9.17) is 11.6 Å². The zero-order chi connectivity index (χ0) is 22.2. The van der Waals surface area contributed by atoms with Gasteiger partial charge in [0.25, 0.3) is 11.6 Å². The quantitative estimate of drug-likeness (QED) is 0.202. The largest absolute Gasteiger partial charge is 0.359 e. The highest BCUT2D eigenvalue weighted by atomic mass is 35.5. The number of halogens is 1. The van der Waals surface area contributed by atoms with E-state index in [9.17, 15) is 20.2 Å². The summed E-state index contributed by atoms with van der Waals surface area (Å²) in [4.78, 5) is 24.8. The number of nitro benzene ring substituents is 1. The number of nitro groups is 1. The van der Waals surface area contributed by atoms with E-state index in [1.165, 1.54) is 30.0 Å². The Labute approximate surface area is 187 Å². The molecule has 0 heterocycles. The van der Waals surface area contributed by atoms with Gasteiger partial charge in [0.15, 0.2) is 0 Å². The van der Waals surface area contributed by atoms with E-state index >= 15 is 0 Å².